The zero-order valence-corrected chi connectivity index (χ0v) is 14.9. The molecule has 0 aliphatic carbocycles. The van der Waals surface area contributed by atoms with Crippen LogP contribution in [0.25, 0.3) is 0 Å². The van der Waals surface area contributed by atoms with Crippen LogP contribution < -0.4 is 5.32 Å². The van der Waals surface area contributed by atoms with Crippen LogP contribution in [0.15, 0.2) is 12.2 Å². The Balaban J connectivity index is 4.52. The third-order valence-corrected chi connectivity index (χ3v) is 3.67. The largest absolute Gasteiger partial charge is 0.461 e. The van der Waals surface area contributed by atoms with Gasteiger partial charge in [0.25, 0.3) is 5.92 Å². The molecule has 0 unspecified atom stereocenters. The second-order valence-electron chi connectivity index (χ2n) is 6.03. The maximum atomic E-state index is 14.0. The molecule has 11 heteroatoms. The van der Waals surface area contributed by atoms with Gasteiger partial charge in [-0.05, 0) is 20.8 Å². The molecule has 5 nitrogen and oxygen atoms in total. The van der Waals surface area contributed by atoms with Crippen molar-refractivity contribution in [2.75, 3.05) is 33.6 Å². The van der Waals surface area contributed by atoms with Crippen molar-refractivity contribution in [1.82, 2.24) is 5.32 Å². The average Bonchev–Trinajstić information content (AvgIpc) is 2.52. The van der Waals surface area contributed by atoms with E-state index in [1.807, 2.05) is 0 Å². The van der Waals surface area contributed by atoms with Gasteiger partial charge in [-0.15, -0.1) is 0 Å². The molecule has 0 atom stereocenters. The Morgan fingerprint density at radius 3 is 2.12 bits per heavy atom. The molecule has 0 radical (unpaired) electrons. The molecule has 26 heavy (non-hydrogen) atoms. The van der Waals surface area contributed by atoms with Crippen LogP contribution in [0.5, 0.6) is 0 Å². The molecule has 154 valence electrons. The summed E-state index contributed by atoms with van der Waals surface area (Å²) >= 11 is 0. The second kappa shape index (κ2) is 9.05. The fourth-order valence-electron chi connectivity index (χ4n) is 1.56. The first-order valence-corrected chi connectivity index (χ1v) is 7.43. The van der Waals surface area contributed by atoms with Gasteiger partial charge in [0, 0.05) is 19.2 Å². The van der Waals surface area contributed by atoms with Crippen LogP contribution in [0, 0.1) is 5.41 Å². The number of nitrogens with one attached hydrogen (secondary N) is 1. The lowest BCUT2D eigenvalue weighted by atomic mass is 9.78. The van der Waals surface area contributed by atoms with Gasteiger partial charge >= 0.3 is 18.0 Å². The topological polar surface area (TPSA) is 56.8 Å². The van der Waals surface area contributed by atoms with Crippen LogP contribution in [0.4, 0.5) is 26.3 Å². The maximum absolute atomic E-state index is 14.0. The molecule has 0 rings (SSSR count). The Bertz CT molecular complexity index is 497. The molecule has 0 fully saturated rings. The molecule has 0 bridgehead atoms. The van der Waals surface area contributed by atoms with Crippen LogP contribution in [0.2, 0.25) is 0 Å². The van der Waals surface area contributed by atoms with Crippen molar-refractivity contribution in [2.24, 2.45) is 5.41 Å². The van der Waals surface area contributed by atoms with Crippen LogP contribution in [-0.2, 0) is 19.0 Å². The molecule has 0 saturated heterocycles. The number of ether oxygens (including phenoxy) is 3. The zero-order valence-electron chi connectivity index (χ0n) is 14.9. The van der Waals surface area contributed by atoms with Gasteiger partial charge in [-0.1, -0.05) is 6.58 Å². The maximum Gasteiger partial charge on any atom is 0.419 e. The minimum Gasteiger partial charge on any atom is -0.461 e. The Labute approximate surface area is 147 Å². The van der Waals surface area contributed by atoms with Crippen LogP contribution >= 0.6 is 0 Å². The summed E-state index contributed by atoms with van der Waals surface area (Å²) in [6.07, 6.45) is -5.08. The number of methoxy groups -OCH3 is 1. The fraction of sp³-hybridized carbons (Fsp3) is 0.800. The predicted molar refractivity (Wildman–Crippen MR) is 80.2 cm³/mol. The third kappa shape index (κ3) is 5.58. The first kappa shape index (κ1) is 24.7. The highest BCUT2D eigenvalue weighted by Gasteiger charge is 2.73. The predicted octanol–water partition coefficient (Wildman–Crippen LogP) is 3.21. The Hall–Kier alpha value is -1.33. The first-order valence-electron chi connectivity index (χ1n) is 7.43. The molecule has 0 aromatic carbocycles. The molecule has 0 aromatic heterocycles. The van der Waals surface area contributed by atoms with Crippen LogP contribution in [-0.4, -0.2) is 57.5 Å². The summed E-state index contributed by atoms with van der Waals surface area (Å²) in [6, 6.07) is 0. The van der Waals surface area contributed by atoms with E-state index < -0.39 is 42.7 Å². The van der Waals surface area contributed by atoms with Crippen LogP contribution in [0.3, 0.4) is 0 Å². The smallest absolute Gasteiger partial charge is 0.419 e. The summed E-state index contributed by atoms with van der Waals surface area (Å²) in [7, 11) is 0.295. The van der Waals surface area contributed by atoms with Crippen molar-refractivity contribution in [3.05, 3.63) is 12.2 Å². The van der Waals surface area contributed by atoms with Crippen LogP contribution in [0.1, 0.15) is 20.8 Å². The lowest BCUT2D eigenvalue weighted by molar-refractivity contribution is -0.392. The fourth-order valence-corrected chi connectivity index (χ4v) is 1.56. The first-order chi connectivity index (χ1) is 11.6. The Morgan fingerprint density at radius 2 is 1.65 bits per heavy atom. The van der Waals surface area contributed by atoms with Crippen molar-refractivity contribution in [3.8, 4) is 0 Å². The number of halogens is 6. The quantitative estimate of drug-likeness (QED) is 0.181. The average molecular weight is 395 g/mol. The van der Waals surface area contributed by atoms with E-state index in [0.29, 0.717) is 21.0 Å². The minimum atomic E-state index is -5.16. The molecular formula is C15H23F6NO4. The molecule has 0 aliphatic heterocycles. The number of esters is 1. The molecule has 0 amide bonds. The molecule has 0 aliphatic rings. The van der Waals surface area contributed by atoms with E-state index in [1.54, 1.807) is 0 Å². The van der Waals surface area contributed by atoms with E-state index in [2.05, 4.69) is 21.4 Å². The standard InChI is InChI=1S/C15H23F6NO4/c1-10(2)11(23)26-7-6-22-9-25-8-13(16,17)12(3,4)14(18,19)15(20,21)24-5/h22H,1,6-9H2,2-5H3. The zero-order chi connectivity index (χ0) is 20.8. The third-order valence-electron chi connectivity index (χ3n) is 3.67. The van der Waals surface area contributed by atoms with Gasteiger partial charge in [-0.25, -0.2) is 13.6 Å². The van der Waals surface area contributed by atoms with E-state index in [1.165, 1.54) is 6.92 Å². The number of alkyl halides is 6. The lowest BCUT2D eigenvalue weighted by Crippen LogP contribution is -2.60. The number of carbonyl (C=O) groups is 1. The summed E-state index contributed by atoms with van der Waals surface area (Å²) in [5, 5.41) is 2.46. The van der Waals surface area contributed by atoms with Crippen molar-refractivity contribution in [1.29, 1.82) is 0 Å². The van der Waals surface area contributed by atoms with Crippen molar-refractivity contribution in [3.63, 3.8) is 0 Å². The normalized spacial score (nSPS) is 13.6. The second-order valence-corrected chi connectivity index (χ2v) is 6.03. The molecule has 0 spiro atoms. The molecule has 0 heterocycles. The molecule has 0 aromatic rings. The monoisotopic (exact) mass is 395 g/mol. The van der Waals surface area contributed by atoms with Gasteiger partial charge in [0.15, 0.2) is 0 Å². The number of carbonyl (C=O) groups excluding carboxylic acids is 1. The summed E-state index contributed by atoms with van der Waals surface area (Å²) in [5.74, 6) is -10.1. The van der Waals surface area contributed by atoms with Crippen molar-refractivity contribution < 1.29 is 45.3 Å². The SMILES string of the molecule is C=C(C)C(=O)OCCNCOCC(F)(F)C(C)(C)C(F)(F)C(F)(F)OC. The summed E-state index contributed by atoms with van der Waals surface area (Å²) in [4.78, 5) is 11.1. The molecular weight excluding hydrogens is 372 g/mol. The van der Waals surface area contributed by atoms with Crippen molar-refractivity contribution >= 4 is 5.97 Å². The Kier molecular flexibility index (Phi) is 8.58. The van der Waals surface area contributed by atoms with Crippen molar-refractivity contribution in [2.45, 2.75) is 38.7 Å². The van der Waals surface area contributed by atoms with Gasteiger partial charge in [0.2, 0.25) is 0 Å². The lowest BCUT2D eigenvalue weighted by Gasteiger charge is -2.42. The highest BCUT2D eigenvalue weighted by Crippen LogP contribution is 2.54. The van der Waals surface area contributed by atoms with E-state index in [4.69, 9.17) is 4.74 Å². The van der Waals surface area contributed by atoms with Gasteiger partial charge in [0.1, 0.15) is 18.6 Å². The van der Waals surface area contributed by atoms with Gasteiger partial charge < -0.3 is 14.2 Å². The van der Waals surface area contributed by atoms with Gasteiger partial charge in [-0.3, -0.25) is 5.32 Å². The highest BCUT2D eigenvalue weighted by molar-refractivity contribution is 5.86. The number of hydrogen-bond donors (Lipinski definition) is 1. The molecule has 1 N–H and O–H groups in total. The van der Waals surface area contributed by atoms with E-state index in [0.717, 1.165) is 0 Å². The summed E-state index contributed by atoms with van der Waals surface area (Å²) in [5.41, 5.74) is -3.28. The van der Waals surface area contributed by atoms with E-state index >= 15 is 0 Å². The number of hydrogen-bond acceptors (Lipinski definition) is 5. The number of rotatable bonds is 12. The Morgan fingerprint density at radius 1 is 1.12 bits per heavy atom. The van der Waals surface area contributed by atoms with E-state index in [9.17, 15) is 31.1 Å². The minimum absolute atomic E-state index is 0.0336. The van der Waals surface area contributed by atoms with Gasteiger partial charge in [0.05, 0.1) is 6.73 Å². The molecule has 0 saturated carbocycles. The summed E-state index contributed by atoms with van der Waals surface area (Å²) in [6.45, 7) is 3.29. The highest BCUT2D eigenvalue weighted by atomic mass is 19.3. The van der Waals surface area contributed by atoms with E-state index in [-0.39, 0.29) is 18.7 Å². The summed E-state index contributed by atoms with van der Waals surface area (Å²) < 4.78 is 94.7. The van der Waals surface area contributed by atoms with Gasteiger partial charge in [-0.2, -0.15) is 17.6 Å².